The van der Waals surface area contributed by atoms with Crippen LogP contribution in [0.2, 0.25) is 5.02 Å². The third kappa shape index (κ3) is 2.44. The fourth-order valence-corrected chi connectivity index (χ4v) is 3.36. The van der Waals surface area contributed by atoms with Crippen LogP contribution in [0.4, 0.5) is 4.39 Å². The minimum atomic E-state index is -1.26. The number of rotatable bonds is 3. The van der Waals surface area contributed by atoms with Crippen LogP contribution >= 0.6 is 11.6 Å². The second-order valence-corrected chi connectivity index (χ2v) is 5.67. The Morgan fingerprint density at radius 2 is 2.12 bits per heavy atom. The van der Waals surface area contributed by atoms with Crippen LogP contribution in [0.25, 0.3) is 0 Å². The number of benzene rings is 1. The van der Waals surface area contributed by atoms with Crippen LogP contribution in [0.5, 0.6) is 0 Å². The van der Waals surface area contributed by atoms with E-state index < -0.39 is 17.7 Å². The van der Waals surface area contributed by atoms with Gasteiger partial charge in [-0.1, -0.05) is 11.6 Å². The highest BCUT2D eigenvalue weighted by molar-refractivity contribution is 7.82. The molecule has 5 heteroatoms. The molecule has 1 aromatic carbocycles. The fraction of sp³-hybridized carbons (Fsp3) is 0.455. The lowest BCUT2D eigenvalue weighted by Gasteiger charge is -2.20. The lowest BCUT2D eigenvalue weighted by atomic mass is 10.2. The van der Waals surface area contributed by atoms with Gasteiger partial charge in [-0.05, 0) is 37.1 Å². The van der Waals surface area contributed by atoms with Gasteiger partial charge in [0.2, 0.25) is 0 Å². The lowest BCUT2D eigenvalue weighted by Crippen LogP contribution is -2.32. The Morgan fingerprint density at radius 1 is 1.44 bits per heavy atom. The molecule has 2 nitrogen and oxygen atoms in total. The number of nitrogens with zero attached hydrogens (tertiary/aromatic N) is 1. The first-order chi connectivity index (χ1) is 7.72. The molecule has 1 aliphatic rings. The summed E-state index contributed by atoms with van der Waals surface area (Å²) in [7, 11) is -1.26. The van der Waals surface area contributed by atoms with Crippen molar-refractivity contribution in [3.8, 4) is 0 Å². The summed E-state index contributed by atoms with van der Waals surface area (Å²) >= 11 is 5.76. The highest BCUT2D eigenvalue weighted by atomic mass is 35.5. The molecule has 1 saturated heterocycles. The molecule has 0 saturated carbocycles. The van der Waals surface area contributed by atoms with E-state index >= 15 is 0 Å². The van der Waals surface area contributed by atoms with E-state index in [0.29, 0.717) is 16.5 Å². The van der Waals surface area contributed by atoms with Gasteiger partial charge in [0.25, 0.3) is 0 Å². The van der Waals surface area contributed by atoms with E-state index in [-0.39, 0.29) is 6.04 Å². The normalized spacial score (nSPS) is 23.5. The second kappa shape index (κ2) is 5.25. The van der Waals surface area contributed by atoms with Crippen molar-refractivity contribution >= 4 is 22.6 Å². The van der Waals surface area contributed by atoms with Crippen LogP contribution in [0.3, 0.4) is 0 Å². The van der Waals surface area contributed by atoms with Crippen molar-refractivity contribution in [1.29, 1.82) is 0 Å². The highest BCUT2D eigenvalue weighted by Gasteiger charge is 2.29. The molecule has 0 aromatic heterocycles. The van der Waals surface area contributed by atoms with E-state index in [0.717, 1.165) is 12.8 Å². The van der Waals surface area contributed by atoms with Crippen LogP contribution in [-0.4, -0.2) is 27.8 Å². The van der Waals surface area contributed by atoms with E-state index in [1.165, 1.54) is 0 Å². The molecule has 0 radical (unpaired) electrons. The smallest absolute Gasteiger partial charge is 0.127 e. The van der Waals surface area contributed by atoms with Gasteiger partial charge in [0.15, 0.2) is 0 Å². The maximum Gasteiger partial charge on any atom is 0.127 e. The molecule has 88 valence electrons. The van der Waals surface area contributed by atoms with Crippen molar-refractivity contribution in [2.75, 3.05) is 13.2 Å². The Bertz CT molecular complexity index is 384. The van der Waals surface area contributed by atoms with Crippen LogP contribution in [0.1, 0.15) is 12.8 Å². The maximum absolute atomic E-state index is 12.7. The standard InChI is InChI=1S/C11H13ClFNOS/c12-9-3-5-11(6-4-9)16(15)14-7-1-2-10(14)8-13/h3-6,10H,1-2,7-8H2/t10-,16?/m1/s1. The van der Waals surface area contributed by atoms with Crippen molar-refractivity contribution in [3.63, 3.8) is 0 Å². The Morgan fingerprint density at radius 3 is 2.75 bits per heavy atom. The summed E-state index contributed by atoms with van der Waals surface area (Å²) < 4.78 is 26.6. The first-order valence-electron chi connectivity index (χ1n) is 5.22. The van der Waals surface area contributed by atoms with Gasteiger partial charge >= 0.3 is 0 Å². The van der Waals surface area contributed by atoms with Gasteiger partial charge in [-0.2, -0.15) is 0 Å². The summed E-state index contributed by atoms with van der Waals surface area (Å²) in [5.74, 6) is 0. The van der Waals surface area contributed by atoms with Gasteiger partial charge in [-0.25, -0.2) is 12.9 Å². The van der Waals surface area contributed by atoms with Gasteiger partial charge in [-0.15, -0.1) is 0 Å². The van der Waals surface area contributed by atoms with E-state index in [2.05, 4.69) is 0 Å². The Labute approximate surface area is 102 Å². The minimum absolute atomic E-state index is 0.198. The first-order valence-corrected chi connectivity index (χ1v) is 6.71. The Kier molecular flexibility index (Phi) is 3.95. The van der Waals surface area contributed by atoms with E-state index in [4.69, 9.17) is 11.6 Å². The van der Waals surface area contributed by atoms with Crippen LogP contribution in [0.15, 0.2) is 29.2 Å². The molecule has 2 rings (SSSR count). The van der Waals surface area contributed by atoms with Gasteiger partial charge in [-0.3, -0.25) is 0 Å². The van der Waals surface area contributed by atoms with Crippen molar-refractivity contribution in [1.82, 2.24) is 4.31 Å². The SMILES string of the molecule is O=S(c1ccc(Cl)cc1)N1CCC[C@@H]1CF. The summed E-state index contributed by atoms with van der Waals surface area (Å²) in [5, 5.41) is 0.615. The molecule has 1 unspecified atom stereocenters. The monoisotopic (exact) mass is 261 g/mol. The van der Waals surface area contributed by atoms with Crippen molar-refractivity contribution in [3.05, 3.63) is 29.3 Å². The largest absolute Gasteiger partial charge is 0.249 e. The van der Waals surface area contributed by atoms with Gasteiger partial charge in [0.1, 0.15) is 17.7 Å². The summed E-state index contributed by atoms with van der Waals surface area (Å²) in [5.41, 5.74) is 0. The van der Waals surface area contributed by atoms with Gasteiger partial charge in [0, 0.05) is 11.6 Å². The quantitative estimate of drug-likeness (QED) is 0.819. The number of halogens is 2. The van der Waals surface area contributed by atoms with Crippen LogP contribution in [-0.2, 0) is 11.0 Å². The second-order valence-electron chi connectivity index (χ2n) is 3.79. The Hall–Kier alpha value is -0.450. The summed E-state index contributed by atoms with van der Waals surface area (Å²) in [6, 6.07) is 6.67. The molecular weight excluding hydrogens is 249 g/mol. The maximum atomic E-state index is 12.7. The molecule has 16 heavy (non-hydrogen) atoms. The van der Waals surface area contributed by atoms with Crippen molar-refractivity contribution in [2.24, 2.45) is 0 Å². The van der Waals surface area contributed by atoms with E-state index in [1.807, 2.05) is 0 Å². The first kappa shape index (κ1) is 12.0. The average Bonchev–Trinajstić information content (AvgIpc) is 2.77. The summed E-state index contributed by atoms with van der Waals surface area (Å²) in [4.78, 5) is 0.685. The molecule has 1 aromatic rings. The van der Waals surface area contributed by atoms with Crippen molar-refractivity contribution < 1.29 is 8.60 Å². The van der Waals surface area contributed by atoms with E-state index in [1.54, 1.807) is 28.6 Å². The third-order valence-electron chi connectivity index (χ3n) is 2.73. The predicted octanol–water partition coefficient (Wildman–Crippen LogP) is 2.80. The zero-order chi connectivity index (χ0) is 11.5. The van der Waals surface area contributed by atoms with Crippen molar-refractivity contribution in [2.45, 2.75) is 23.8 Å². The zero-order valence-corrected chi connectivity index (χ0v) is 10.3. The van der Waals surface area contributed by atoms with Crippen LogP contribution in [0, 0.1) is 0 Å². The summed E-state index contributed by atoms with van der Waals surface area (Å²) in [6.45, 7) is 0.267. The van der Waals surface area contributed by atoms with E-state index in [9.17, 15) is 8.60 Å². The lowest BCUT2D eigenvalue weighted by molar-refractivity contribution is 0.323. The summed E-state index contributed by atoms with van der Waals surface area (Å²) in [6.07, 6.45) is 1.70. The molecule has 0 amide bonds. The van der Waals surface area contributed by atoms with Crippen LogP contribution < -0.4 is 0 Å². The molecule has 1 fully saturated rings. The Balaban J connectivity index is 2.15. The van der Waals surface area contributed by atoms with Gasteiger partial charge in [0.05, 0.1) is 10.9 Å². The highest BCUT2D eigenvalue weighted by Crippen LogP contribution is 2.24. The molecule has 1 aliphatic heterocycles. The molecule has 0 spiro atoms. The molecule has 2 atom stereocenters. The fourth-order valence-electron chi connectivity index (χ4n) is 1.87. The number of hydrogen-bond donors (Lipinski definition) is 0. The minimum Gasteiger partial charge on any atom is -0.249 e. The number of hydrogen-bond acceptors (Lipinski definition) is 1. The molecule has 0 N–H and O–H groups in total. The molecule has 0 aliphatic carbocycles. The molecule has 0 bridgehead atoms. The molecule has 1 heterocycles. The molecular formula is C11H13ClFNOS. The topological polar surface area (TPSA) is 20.3 Å². The third-order valence-corrected chi connectivity index (χ3v) is 4.56. The zero-order valence-electron chi connectivity index (χ0n) is 8.73. The van der Waals surface area contributed by atoms with Gasteiger partial charge < -0.3 is 0 Å². The average molecular weight is 262 g/mol. The predicted molar refractivity (Wildman–Crippen MR) is 63.6 cm³/mol. The number of alkyl halides is 1.